The number of rotatable bonds is 5. The first-order valence-corrected chi connectivity index (χ1v) is 9.75. The number of aryl methyl sites for hydroxylation is 2. The summed E-state index contributed by atoms with van der Waals surface area (Å²) < 4.78 is 11.6. The zero-order valence-electron chi connectivity index (χ0n) is 16.0. The van der Waals surface area contributed by atoms with Gasteiger partial charge in [-0.15, -0.1) is 0 Å². The standard InChI is InChI=1S/C23H25NO3/c1-3-5-8-17-13-22(25)27-23-19(17)10-11-21-20(23)14-24(15-26-21)18-9-6-7-16(4-2)12-18/h6-7,9-13H,3-5,8,14-15H2,1-2H3. The third-order valence-electron chi connectivity index (χ3n) is 5.27. The van der Waals surface area contributed by atoms with Crippen LogP contribution in [0.5, 0.6) is 5.75 Å². The molecule has 2 heterocycles. The Bertz CT molecular complexity index is 1020. The molecule has 4 heteroatoms. The third kappa shape index (κ3) is 3.44. The zero-order valence-corrected chi connectivity index (χ0v) is 16.0. The minimum atomic E-state index is -0.285. The zero-order chi connectivity index (χ0) is 18.8. The van der Waals surface area contributed by atoms with E-state index in [2.05, 4.69) is 43.0 Å². The summed E-state index contributed by atoms with van der Waals surface area (Å²) in [6.07, 6.45) is 4.04. The lowest BCUT2D eigenvalue weighted by molar-refractivity contribution is 0.289. The van der Waals surface area contributed by atoms with Crippen LogP contribution in [0.4, 0.5) is 5.69 Å². The van der Waals surface area contributed by atoms with Crippen LogP contribution in [0.25, 0.3) is 11.0 Å². The lowest BCUT2D eigenvalue weighted by atomic mass is 10.0. The normalized spacial score (nSPS) is 13.5. The fraction of sp³-hybridized carbons (Fsp3) is 0.348. The molecule has 1 aliphatic heterocycles. The Morgan fingerprint density at radius 3 is 2.81 bits per heavy atom. The largest absolute Gasteiger partial charge is 0.473 e. The summed E-state index contributed by atoms with van der Waals surface area (Å²) in [7, 11) is 0. The summed E-state index contributed by atoms with van der Waals surface area (Å²) in [4.78, 5) is 14.3. The van der Waals surface area contributed by atoms with E-state index in [4.69, 9.17) is 9.15 Å². The van der Waals surface area contributed by atoms with Gasteiger partial charge in [0.25, 0.3) is 0 Å². The molecule has 0 saturated carbocycles. The van der Waals surface area contributed by atoms with E-state index in [1.807, 2.05) is 12.1 Å². The van der Waals surface area contributed by atoms with Crippen molar-refractivity contribution in [1.29, 1.82) is 0 Å². The van der Waals surface area contributed by atoms with Crippen LogP contribution < -0.4 is 15.3 Å². The molecule has 0 saturated heterocycles. The Balaban J connectivity index is 1.77. The lowest BCUT2D eigenvalue weighted by Crippen LogP contribution is -2.32. The van der Waals surface area contributed by atoms with Gasteiger partial charge < -0.3 is 14.1 Å². The van der Waals surface area contributed by atoms with E-state index in [0.717, 1.165) is 53.6 Å². The Morgan fingerprint density at radius 1 is 1.11 bits per heavy atom. The van der Waals surface area contributed by atoms with Crippen LogP contribution in [0.3, 0.4) is 0 Å². The Morgan fingerprint density at radius 2 is 2.00 bits per heavy atom. The summed E-state index contributed by atoms with van der Waals surface area (Å²) in [6.45, 7) is 5.47. The number of anilines is 1. The molecule has 1 aliphatic rings. The van der Waals surface area contributed by atoms with Crippen molar-refractivity contribution >= 4 is 16.7 Å². The van der Waals surface area contributed by atoms with E-state index >= 15 is 0 Å². The molecular formula is C23H25NO3. The van der Waals surface area contributed by atoms with Gasteiger partial charge in [-0.05, 0) is 54.7 Å². The van der Waals surface area contributed by atoms with E-state index in [-0.39, 0.29) is 5.63 Å². The molecular weight excluding hydrogens is 338 g/mol. The predicted octanol–water partition coefficient (Wildman–Crippen LogP) is 5.05. The number of hydrogen-bond donors (Lipinski definition) is 0. The Hall–Kier alpha value is -2.75. The highest BCUT2D eigenvalue weighted by Crippen LogP contribution is 2.35. The van der Waals surface area contributed by atoms with Gasteiger partial charge in [0.15, 0.2) is 6.73 Å². The average Bonchev–Trinajstić information content (AvgIpc) is 2.71. The van der Waals surface area contributed by atoms with Crippen molar-refractivity contribution in [1.82, 2.24) is 0 Å². The van der Waals surface area contributed by atoms with Crippen LogP contribution in [0.2, 0.25) is 0 Å². The molecule has 0 atom stereocenters. The Labute approximate surface area is 159 Å². The van der Waals surface area contributed by atoms with Crippen molar-refractivity contribution in [2.75, 3.05) is 11.6 Å². The molecule has 1 aromatic heterocycles. The second kappa shape index (κ2) is 7.47. The van der Waals surface area contributed by atoms with Crippen molar-refractivity contribution in [3.8, 4) is 5.75 Å². The van der Waals surface area contributed by atoms with Gasteiger partial charge in [0.2, 0.25) is 0 Å². The molecule has 27 heavy (non-hydrogen) atoms. The first kappa shape index (κ1) is 17.7. The maximum atomic E-state index is 12.2. The van der Waals surface area contributed by atoms with Gasteiger partial charge in [0.1, 0.15) is 11.3 Å². The maximum absolute atomic E-state index is 12.2. The molecule has 0 amide bonds. The Kier molecular flexibility index (Phi) is 4.88. The van der Waals surface area contributed by atoms with Crippen LogP contribution in [0.15, 0.2) is 51.7 Å². The molecule has 4 nitrogen and oxygen atoms in total. The smallest absolute Gasteiger partial charge is 0.336 e. The van der Waals surface area contributed by atoms with Crippen molar-refractivity contribution in [3.63, 3.8) is 0 Å². The highest BCUT2D eigenvalue weighted by Gasteiger charge is 2.22. The number of ether oxygens (including phenoxy) is 1. The fourth-order valence-electron chi connectivity index (χ4n) is 3.71. The first-order chi connectivity index (χ1) is 13.2. The summed E-state index contributed by atoms with van der Waals surface area (Å²) >= 11 is 0. The van der Waals surface area contributed by atoms with Gasteiger partial charge >= 0.3 is 5.63 Å². The SMILES string of the molecule is CCCCc1cc(=O)oc2c3c(ccc12)OCN(c1cccc(CC)c1)C3. The second-order valence-electron chi connectivity index (χ2n) is 7.11. The minimum absolute atomic E-state index is 0.285. The van der Waals surface area contributed by atoms with Gasteiger partial charge in [-0.2, -0.15) is 0 Å². The number of nitrogens with zero attached hydrogens (tertiary/aromatic N) is 1. The van der Waals surface area contributed by atoms with Crippen LogP contribution in [0, 0.1) is 0 Å². The van der Waals surface area contributed by atoms with Crippen LogP contribution in [-0.4, -0.2) is 6.73 Å². The van der Waals surface area contributed by atoms with Gasteiger partial charge in [0, 0.05) is 17.1 Å². The topological polar surface area (TPSA) is 42.7 Å². The quantitative estimate of drug-likeness (QED) is 0.595. The predicted molar refractivity (Wildman–Crippen MR) is 109 cm³/mol. The van der Waals surface area contributed by atoms with Crippen LogP contribution in [-0.2, 0) is 19.4 Å². The van der Waals surface area contributed by atoms with E-state index in [1.54, 1.807) is 6.07 Å². The molecule has 3 aromatic rings. The third-order valence-corrected chi connectivity index (χ3v) is 5.27. The summed E-state index contributed by atoms with van der Waals surface area (Å²) in [5, 5.41) is 1.02. The molecule has 0 N–H and O–H groups in total. The molecule has 0 bridgehead atoms. The molecule has 2 aromatic carbocycles. The number of hydrogen-bond acceptors (Lipinski definition) is 4. The number of benzene rings is 2. The molecule has 0 spiro atoms. The molecule has 0 radical (unpaired) electrons. The molecule has 0 unspecified atom stereocenters. The van der Waals surface area contributed by atoms with Crippen molar-refractivity contribution in [3.05, 3.63) is 69.6 Å². The van der Waals surface area contributed by atoms with Gasteiger partial charge in [0.05, 0.1) is 12.1 Å². The van der Waals surface area contributed by atoms with E-state index in [9.17, 15) is 4.79 Å². The minimum Gasteiger partial charge on any atom is -0.473 e. The number of unbranched alkanes of at least 4 members (excludes halogenated alkanes) is 1. The van der Waals surface area contributed by atoms with E-state index < -0.39 is 0 Å². The summed E-state index contributed by atoms with van der Waals surface area (Å²) in [5.41, 5.74) is 4.83. The molecule has 140 valence electrons. The monoisotopic (exact) mass is 363 g/mol. The number of fused-ring (bicyclic) bond motifs is 3. The molecule has 0 aliphatic carbocycles. The summed E-state index contributed by atoms with van der Waals surface area (Å²) in [5.74, 6) is 0.807. The molecule has 0 fully saturated rings. The summed E-state index contributed by atoms with van der Waals surface area (Å²) in [6, 6.07) is 14.2. The second-order valence-corrected chi connectivity index (χ2v) is 7.11. The first-order valence-electron chi connectivity index (χ1n) is 9.75. The average molecular weight is 363 g/mol. The van der Waals surface area contributed by atoms with Gasteiger partial charge in [-0.25, -0.2) is 4.79 Å². The maximum Gasteiger partial charge on any atom is 0.336 e. The highest BCUT2D eigenvalue weighted by molar-refractivity contribution is 5.85. The van der Waals surface area contributed by atoms with E-state index in [0.29, 0.717) is 18.9 Å². The fourth-order valence-corrected chi connectivity index (χ4v) is 3.71. The van der Waals surface area contributed by atoms with Gasteiger partial charge in [-0.1, -0.05) is 32.4 Å². The van der Waals surface area contributed by atoms with Crippen molar-refractivity contribution in [2.24, 2.45) is 0 Å². The lowest BCUT2D eigenvalue weighted by Gasteiger charge is -2.31. The molecule has 4 rings (SSSR count). The van der Waals surface area contributed by atoms with Gasteiger partial charge in [-0.3, -0.25) is 0 Å². The van der Waals surface area contributed by atoms with Crippen molar-refractivity contribution < 1.29 is 9.15 Å². The van der Waals surface area contributed by atoms with Crippen LogP contribution in [0.1, 0.15) is 43.4 Å². The van der Waals surface area contributed by atoms with E-state index in [1.165, 1.54) is 5.56 Å². The highest BCUT2D eigenvalue weighted by atomic mass is 16.5. The van der Waals surface area contributed by atoms with Crippen LogP contribution >= 0.6 is 0 Å². The van der Waals surface area contributed by atoms with Crippen molar-refractivity contribution in [2.45, 2.75) is 46.1 Å².